The second-order valence-electron chi connectivity index (χ2n) is 3.51. The molecule has 0 atom stereocenters. The average Bonchev–Trinajstić information content (AvgIpc) is 2.41. The SMILES string of the molecule is NC(=O)c1ccccc1.O=C(Cl)c1ccc(F)cc1. The van der Waals surface area contributed by atoms with Crippen LogP contribution < -0.4 is 5.73 Å². The van der Waals surface area contributed by atoms with Gasteiger partial charge in [-0.15, -0.1) is 0 Å². The van der Waals surface area contributed by atoms with E-state index in [1.807, 2.05) is 6.07 Å². The average molecular weight is 280 g/mol. The number of hydrogen-bond acceptors (Lipinski definition) is 2. The molecule has 0 radical (unpaired) electrons. The number of rotatable bonds is 2. The lowest BCUT2D eigenvalue weighted by atomic mass is 10.2. The molecule has 0 heterocycles. The second-order valence-corrected chi connectivity index (χ2v) is 3.85. The monoisotopic (exact) mass is 279 g/mol. The Balaban J connectivity index is 0.000000191. The number of benzene rings is 2. The fourth-order valence-electron chi connectivity index (χ4n) is 1.18. The van der Waals surface area contributed by atoms with E-state index in [9.17, 15) is 14.0 Å². The molecule has 19 heavy (non-hydrogen) atoms. The number of primary amides is 1. The minimum Gasteiger partial charge on any atom is -0.366 e. The van der Waals surface area contributed by atoms with E-state index in [4.69, 9.17) is 17.3 Å². The maximum atomic E-state index is 12.2. The van der Waals surface area contributed by atoms with E-state index in [1.54, 1.807) is 24.3 Å². The fraction of sp³-hybridized carbons (Fsp3) is 0. The van der Waals surface area contributed by atoms with Gasteiger partial charge in [-0.3, -0.25) is 9.59 Å². The predicted molar refractivity (Wildman–Crippen MR) is 71.5 cm³/mol. The molecule has 0 aliphatic rings. The van der Waals surface area contributed by atoms with E-state index in [-0.39, 0.29) is 11.7 Å². The van der Waals surface area contributed by atoms with Gasteiger partial charge in [0.25, 0.3) is 5.24 Å². The van der Waals surface area contributed by atoms with Gasteiger partial charge >= 0.3 is 0 Å². The summed E-state index contributed by atoms with van der Waals surface area (Å²) in [7, 11) is 0. The van der Waals surface area contributed by atoms with Gasteiger partial charge in [0.2, 0.25) is 5.91 Å². The smallest absolute Gasteiger partial charge is 0.252 e. The molecule has 3 nitrogen and oxygen atoms in total. The van der Waals surface area contributed by atoms with E-state index in [0.717, 1.165) is 0 Å². The number of nitrogens with two attached hydrogens (primary N) is 1. The quantitative estimate of drug-likeness (QED) is 0.859. The zero-order valence-electron chi connectivity index (χ0n) is 9.85. The summed E-state index contributed by atoms with van der Waals surface area (Å²) < 4.78 is 12.2. The van der Waals surface area contributed by atoms with Crippen molar-refractivity contribution < 1.29 is 14.0 Å². The van der Waals surface area contributed by atoms with Crippen LogP contribution in [0, 0.1) is 5.82 Å². The van der Waals surface area contributed by atoms with Crippen LogP contribution in [0.3, 0.4) is 0 Å². The maximum absolute atomic E-state index is 12.2. The van der Waals surface area contributed by atoms with E-state index in [2.05, 4.69) is 0 Å². The molecule has 98 valence electrons. The lowest BCUT2D eigenvalue weighted by Gasteiger charge is -1.90. The molecule has 0 spiro atoms. The summed E-state index contributed by atoms with van der Waals surface area (Å²) in [5.41, 5.74) is 5.84. The van der Waals surface area contributed by atoms with Gasteiger partial charge in [0.15, 0.2) is 0 Å². The van der Waals surface area contributed by atoms with Crippen LogP contribution in [0.5, 0.6) is 0 Å². The van der Waals surface area contributed by atoms with E-state index in [0.29, 0.717) is 11.1 Å². The van der Waals surface area contributed by atoms with Crippen molar-refractivity contribution in [3.63, 3.8) is 0 Å². The van der Waals surface area contributed by atoms with Crippen LogP contribution in [0.2, 0.25) is 0 Å². The first-order valence-corrected chi connectivity index (χ1v) is 5.68. The van der Waals surface area contributed by atoms with Crippen LogP contribution in [0.15, 0.2) is 54.6 Å². The fourth-order valence-corrected chi connectivity index (χ4v) is 1.31. The van der Waals surface area contributed by atoms with Crippen LogP contribution in [-0.4, -0.2) is 11.1 Å². The molecule has 0 aliphatic heterocycles. The van der Waals surface area contributed by atoms with Crippen molar-refractivity contribution in [1.29, 1.82) is 0 Å². The Morgan fingerprint density at radius 1 is 0.895 bits per heavy atom. The molecule has 0 saturated heterocycles. The molecule has 2 aromatic carbocycles. The predicted octanol–water partition coefficient (Wildman–Crippen LogP) is 2.99. The molecule has 1 amide bonds. The molecule has 2 rings (SSSR count). The number of carbonyl (C=O) groups excluding carboxylic acids is 2. The molecule has 0 bridgehead atoms. The molecule has 5 heteroatoms. The van der Waals surface area contributed by atoms with Gasteiger partial charge in [-0.05, 0) is 48.0 Å². The summed E-state index contributed by atoms with van der Waals surface area (Å²) in [5, 5.41) is -0.569. The van der Waals surface area contributed by atoms with Crippen molar-refractivity contribution in [2.45, 2.75) is 0 Å². The largest absolute Gasteiger partial charge is 0.366 e. The molecule has 0 aromatic heterocycles. The van der Waals surface area contributed by atoms with E-state index < -0.39 is 5.24 Å². The van der Waals surface area contributed by atoms with Crippen molar-refractivity contribution >= 4 is 22.8 Å². The summed E-state index contributed by atoms with van der Waals surface area (Å²) >= 11 is 5.09. The van der Waals surface area contributed by atoms with Gasteiger partial charge in [-0.1, -0.05) is 18.2 Å². The Kier molecular flexibility index (Phi) is 5.70. The van der Waals surface area contributed by atoms with Crippen LogP contribution in [-0.2, 0) is 0 Å². The molecule has 0 fully saturated rings. The van der Waals surface area contributed by atoms with Crippen molar-refractivity contribution in [2.75, 3.05) is 0 Å². The molecular weight excluding hydrogens is 269 g/mol. The van der Waals surface area contributed by atoms with Gasteiger partial charge < -0.3 is 5.73 Å². The summed E-state index contributed by atoms with van der Waals surface area (Å²) in [6.45, 7) is 0. The van der Waals surface area contributed by atoms with Crippen LogP contribution >= 0.6 is 11.6 Å². The van der Waals surface area contributed by atoms with Crippen molar-refractivity contribution in [1.82, 2.24) is 0 Å². The highest BCUT2D eigenvalue weighted by atomic mass is 35.5. The van der Waals surface area contributed by atoms with Gasteiger partial charge in [0.1, 0.15) is 5.82 Å². The first-order valence-electron chi connectivity index (χ1n) is 5.31. The van der Waals surface area contributed by atoms with Gasteiger partial charge in [-0.25, -0.2) is 4.39 Å². The van der Waals surface area contributed by atoms with E-state index >= 15 is 0 Å². The lowest BCUT2D eigenvalue weighted by Crippen LogP contribution is -2.09. The minimum atomic E-state index is -0.569. The molecule has 2 N–H and O–H groups in total. The summed E-state index contributed by atoms with van der Waals surface area (Å²) in [5.74, 6) is -0.753. The molecular formula is C14H11ClFNO2. The Hall–Kier alpha value is -2.20. The normalized spacial score (nSPS) is 9.16. The summed E-state index contributed by atoms with van der Waals surface area (Å²) in [6.07, 6.45) is 0. The highest BCUT2D eigenvalue weighted by Gasteiger charge is 1.99. The topological polar surface area (TPSA) is 60.2 Å². The Labute approximate surface area is 114 Å². The molecule has 0 aliphatic carbocycles. The van der Waals surface area contributed by atoms with E-state index in [1.165, 1.54) is 24.3 Å². The van der Waals surface area contributed by atoms with Crippen LogP contribution in [0.25, 0.3) is 0 Å². The zero-order valence-corrected chi connectivity index (χ0v) is 10.6. The van der Waals surface area contributed by atoms with Gasteiger partial charge in [0.05, 0.1) is 0 Å². The maximum Gasteiger partial charge on any atom is 0.252 e. The third kappa shape index (κ3) is 5.31. The first kappa shape index (κ1) is 14.9. The van der Waals surface area contributed by atoms with Gasteiger partial charge in [-0.2, -0.15) is 0 Å². The Morgan fingerprint density at radius 3 is 1.79 bits per heavy atom. The minimum absolute atomic E-state index is 0.308. The Bertz CT molecular complexity index is 555. The van der Waals surface area contributed by atoms with Crippen LogP contribution in [0.4, 0.5) is 4.39 Å². The van der Waals surface area contributed by atoms with Crippen molar-refractivity contribution in [2.24, 2.45) is 5.73 Å². The van der Waals surface area contributed by atoms with Gasteiger partial charge in [0, 0.05) is 11.1 Å². The third-order valence-electron chi connectivity index (χ3n) is 2.13. The second kappa shape index (κ2) is 7.28. The zero-order chi connectivity index (χ0) is 14.3. The third-order valence-corrected chi connectivity index (χ3v) is 2.35. The number of carbonyl (C=O) groups is 2. The molecule has 0 unspecified atom stereocenters. The molecule has 0 saturated carbocycles. The Morgan fingerprint density at radius 2 is 1.42 bits per heavy atom. The van der Waals surface area contributed by atoms with Crippen molar-refractivity contribution in [3.8, 4) is 0 Å². The highest BCUT2D eigenvalue weighted by molar-refractivity contribution is 6.67. The van der Waals surface area contributed by atoms with Crippen molar-refractivity contribution in [3.05, 3.63) is 71.5 Å². The first-order chi connectivity index (χ1) is 9.00. The highest BCUT2D eigenvalue weighted by Crippen LogP contribution is 2.04. The lowest BCUT2D eigenvalue weighted by molar-refractivity contribution is 0.0999. The number of amides is 1. The number of hydrogen-bond donors (Lipinski definition) is 1. The number of halogens is 2. The molecule has 2 aromatic rings. The standard InChI is InChI=1S/C7H4ClFO.C7H7NO/c8-7(10)5-1-3-6(9)4-2-5;8-7(9)6-4-2-1-3-5-6/h1-4H;1-5H,(H2,8,9). The summed E-state index contributed by atoms with van der Waals surface area (Å²) in [6, 6.07) is 13.8. The van der Waals surface area contributed by atoms with Crippen LogP contribution in [0.1, 0.15) is 20.7 Å². The summed E-state index contributed by atoms with van der Waals surface area (Å²) in [4.78, 5) is 20.8.